The van der Waals surface area contributed by atoms with Crippen LogP contribution in [0.25, 0.3) is 0 Å². The van der Waals surface area contributed by atoms with Gasteiger partial charge in [0.1, 0.15) is 17.3 Å². The molecule has 2 N–H and O–H groups in total. The van der Waals surface area contributed by atoms with Gasteiger partial charge in [-0.2, -0.15) is 0 Å². The average Bonchev–Trinajstić information content (AvgIpc) is 2.85. The van der Waals surface area contributed by atoms with E-state index in [-0.39, 0.29) is 11.9 Å². The number of hydrogen-bond acceptors (Lipinski definition) is 6. The van der Waals surface area contributed by atoms with E-state index in [1.807, 2.05) is 12.1 Å². The molecule has 0 bridgehead atoms. The van der Waals surface area contributed by atoms with Crippen molar-refractivity contribution in [1.29, 1.82) is 0 Å². The van der Waals surface area contributed by atoms with Gasteiger partial charge in [0.2, 0.25) is 0 Å². The van der Waals surface area contributed by atoms with Crippen molar-refractivity contribution in [3.63, 3.8) is 0 Å². The normalized spacial score (nSPS) is 15.9. The fourth-order valence-electron chi connectivity index (χ4n) is 3.67. The van der Waals surface area contributed by atoms with E-state index in [0.717, 1.165) is 25.5 Å². The van der Waals surface area contributed by atoms with Gasteiger partial charge in [-0.15, -0.1) is 0 Å². The molecule has 160 valence electrons. The summed E-state index contributed by atoms with van der Waals surface area (Å²) in [6.45, 7) is 2.57. The molecule has 1 fully saturated rings. The third-order valence-corrected chi connectivity index (χ3v) is 5.37. The second-order valence-corrected chi connectivity index (χ2v) is 7.29. The van der Waals surface area contributed by atoms with Gasteiger partial charge in [-0.05, 0) is 29.8 Å². The maximum absolute atomic E-state index is 12.7. The quantitative estimate of drug-likeness (QED) is 0.638. The van der Waals surface area contributed by atoms with Crippen LogP contribution in [-0.2, 0) is 0 Å². The number of aromatic nitrogens is 1. The summed E-state index contributed by atoms with van der Waals surface area (Å²) < 4.78 is 10.5. The molecule has 31 heavy (non-hydrogen) atoms. The smallest absolute Gasteiger partial charge is 0.257 e. The predicted molar refractivity (Wildman–Crippen MR) is 121 cm³/mol. The monoisotopic (exact) mass is 418 g/mol. The number of nitrogens with one attached hydrogen (secondary N) is 2. The van der Waals surface area contributed by atoms with Gasteiger partial charge < -0.3 is 25.0 Å². The van der Waals surface area contributed by atoms with E-state index in [2.05, 4.69) is 44.8 Å². The van der Waals surface area contributed by atoms with Crippen LogP contribution in [0.2, 0.25) is 0 Å². The second-order valence-electron chi connectivity index (χ2n) is 7.29. The van der Waals surface area contributed by atoms with Gasteiger partial charge in [-0.3, -0.25) is 4.79 Å². The van der Waals surface area contributed by atoms with Crippen molar-refractivity contribution in [2.45, 2.75) is 6.04 Å². The Morgan fingerprint density at radius 3 is 2.65 bits per heavy atom. The van der Waals surface area contributed by atoms with Crippen LogP contribution < -0.4 is 25.0 Å². The third kappa shape index (κ3) is 4.78. The molecule has 1 aromatic heterocycles. The molecule has 1 aliphatic heterocycles. The van der Waals surface area contributed by atoms with Crippen LogP contribution in [0.5, 0.6) is 11.5 Å². The van der Waals surface area contributed by atoms with Crippen molar-refractivity contribution in [3.05, 3.63) is 78.0 Å². The topological polar surface area (TPSA) is 75.7 Å². The zero-order valence-electron chi connectivity index (χ0n) is 17.7. The summed E-state index contributed by atoms with van der Waals surface area (Å²) in [5, 5.41) is 6.43. The van der Waals surface area contributed by atoms with Crippen LogP contribution in [0.4, 0.5) is 11.5 Å². The van der Waals surface area contributed by atoms with Gasteiger partial charge in [-0.25, -0.2) is 4.98 Å². The van der Waals surface area contributed by atoms with E-state index in [4.69, 9.17) is 9.47 Å². The number of carbonyl (C=O) groups excluding carboxylic acids is 1. The van der Waals surface area contributed by atoms with Crippen molar-refractivity contribution in [1.82, 2.24) is 10.3 Å². The van der Waals surface area contributed by atoms with E-state index < -0.39 is 0 Å². The molecular formula is C24H26N4O3. The lowest BCUT2D eigenvalue weighted by molar-refractivity contribution is 0.102. The molecule has 0 spiro atoms. The summed E-state index contributed by atoms with van der Waals surface area (Å²) in [5.74, 6) is 1.81. The van der Waals surface area contributed by atoms with Crippen LogP contribution in [0.3, 0.4) is 0 Å². The zero-order chi connectivity index (χ0) is 21.6. The first-order valence-corrected chi connectivity index (χ1v) is 10.2. The highest BCUT2D eigenvalue weighted by Gasteiger charge is 2.22. The van der Waals surface area contributed by atoms with Crippen LogP contribution in [0.15, 0.2) is 66.9 Å². The highest BCUT2D eigenvalue weighted by atomic mass is 16.5. The maximum atomic E-state index is 12.7. The number of ether oxygens (including phenoxy) is 2. The van der Waals surface area contributed by atoms with Gasteiger partial charge in [0, 0.05) is 37.9 Å². The number of carbonyl (C=O) groups is 1. The van der Waals surface area contributed by atoms with Gasteiger partial charge in [0.15, 0.2) is 0 Å². The standard InChI is InChI=1S/C24H26N4O3/c1-30-19-9-10-20(22(14-19)31-2)27-24(29)18-8-11-23(26-15-18)28-13-12-25-21(16-28)17-6-4-3-5-7-17/h3-11,14-15,21,25H,12-13,16H2,1-2H3,(H,27,29). The van der Waals surface area contributed by atoms with Crippen molar-refractivity contribution < 1.29 is 14.3 Å². The van der Waals surface area contributed by atoms with Gasteiger partial charge >= 0.3 is 0 Å². The van der Waals surface area contributed by atoms with Crippen LogP contribution >= 0.6 is 0 Å². The zero-order valence-corrected chi connectivity index (χ0v) is 17.7. The van der Waals surface area contributed by atoms with E-state index in [0.29, 0.717) is 22.7 Å². The minimum atomic E-state index is -0.245. The molecule has 1 unspecified atom stereocenters. The first kappa shape index (κ1) is 20.7. The molecule has 1 atom stereocenters. The lowest BCUT2D eigenvalue weighted by Crippen LogP contribution is -2.46. The molecule has 0 saturated carbocycles. The van der Waals surface area contributed by atoms with Crippen molar-refractivity contribution in [2.75, 3.05) is 44.1 Å². The van der Waals surface area contributed by atoms with E-state index in [1.54, 1.807) is 44.7 Å². The van der Waals surface area contributed by atoms with Gasteiger partial charge in [0.25, 0.3) is 5.91 Å². The lowest BCUT2D eigenvalue weighted by atomic mass is 10.0. The number of benzene rings is 2. The molecule has 1 saturated heterocycles. The fourth-order valence-corrected chi connectivity index (χ4v) is 3.67. The molecule has 1 amide bonds. The minimum Gasteiger partial charge on any atom is -0.497 e. The molecule has 2 aromatic carbocycles. The van der Waals surface area contributed by atoms with E-state index >= 15 is 0 Å². The average molecular weight is 418 g/mol. The Kier molecular flexibility index (Phi) is 6.33. The van der Waals surface area contributed by atoms with Crippen LogP contribution in [0, 0.1) is 0 Å². The number of piperazine rings is 1. The second kappa shape index (κ2) is 9.49. The Morgan fingerprint density at radius 1 is 1.10 bits per heavy atom. The number of amides is 1. The summed E-state index contributed by atoms with van der Waals surface area (Å²) in [4.78, 5) is 19.5. The van der Waals surface area contributed by atoms with Crippen molar-refractivity contribution in [2.24, 2.45) is 0 Å². The van der Waals surface area contributed by atoms with E-state index in [9.17, 15) is 4.79 Å². The molecule has 7 heteroatoms. The Labute approximate surface area is 182 Å². The Morgan fingerprint density at radius 2 is 1.94 bits per heavy atom. The van der Waals surface area contributed by atoms with Crippen LogP contribution in [-0.4, -0.2) is 44.7 Å². The number of rotatable bonds is 6. The van der Waals surface area contributed by atoms with Gasteiger partial charge in [-0.1, -0.05) is 30.3 Å². The highest BCUT2D eigenvalue weighted by Crippen LogP contribution is 2.29. The summed E-state index contributed by atoms with van der Waals surface area (Å²) in [6.07, 6.45) is 1.61. The number of methoxy groups -OCH3 is 2. The molecule has 4 rings (SSSR count). The maximum Gasteiger partial charge on any atom is 0.257 e. The third-order valence-electron chi connectivity index (χ3n) is 5.37. The molecule has 1 aliphatic rings. The largest absolute Gasteiger partial charge is 0.497 e. The molecule has 0 aliphatic carbocycles. The predicted octanol–water partition coefficient (Wildman–Crippen LogP) is 3.50. The Bertz CT molecular complexity index is 1020. The summed E-state index contributed by atoms with van der Waals surface area (Å²) in [6, 6.07) is 19.6. The van der Waals surface area contributed by atoms with E-state index in [1.165, 1.54) is 5.56 Å². The van der Waals surface area contributed by atoms with Crippen LogP contribution in [0.1, 0.15) is 22.0 Å². The number of nitrogens with zero attached hydrogens (tertiary/aromatic N) is 2. The Hall–Kier alpha value is -3.58. The summed E-state index contributed by atoms with van der Waals surface area (Å²) >= 11 is 0. The molecule has 0 radical (unpaired) electrons. The van der Waals surface area contributed by atoms with Crippen molar-refractivity contribution >= 4 is 17.4 Å². The minimum absolute atomic E-state index is 0.245. The van der Waals surface area contributed by atoms with Crippen molar-refractivity contribution in [3.8, 4) is 11.5 Å². The first-order chi connectivity index (χ1) is 15.2. The first-order valence-electron chi connectivity index (χ1n) is 10.2. The van der Waals surface area contributed by atoms with Gasteiger partial charge in [0.05, 0.1) is 25.5 Å². The highest BCUT2D eigenvalue weighted by molar-refractivity contribution is 6.05. The summed E-state index contributed by atoms with van der Waals surface area (Å²) in [5.41, 5.74) is 2.32. The number of hydrogen-bond donors (Lipinski definition) is 2. The lowest BCUT2D eigenvalue weighted by Gasteiger charge is -2.34. The number of pyridine rings is 1. The fraction of sp³-hybridized carbons (Fsp3) is 0.250. The Balaban J connectivity index is 1.44. The molecular weight excluding hydrogens is 392 g/mol. The molecule has 2 heterocycles. The SMILES string of the molecule is COc1ccc(NC(=O)c2ccc(N3CCNC(c4ccccc4)C3)nc2)c(OC)c1. The molecule has 3 aromatic rings. The molecule has 7 nitrogen and oxygen atoms in total. The number of anilines is 2. The summed E-state index contributed by atoms with van der Waals surface area (Å²) in [7, 11) is 3.14.